The molecule has 1 aliphatic rings. The first kappa shape index (κ1) is 9.71. The maximum Gasteiger partial charge on any atom is 0.0659 e. The number of rotatable bonds is 3. The van der Waals surface area contributed by atoms with Crippen molar-refractivity contribution in [3.05, 3.63) is 17.0 Å². The molecule has 0 fully saturated rings. The van der Waals surface area contributed by atoms with Gasteiger partial charge in [-0.3, -0.25) is 4.68 Å². The molecule has 0 aliphatic heterocycles. The molecule has 1 heterocycles. The zero-order valence-electron chi connectivity index (χ0n) is 9.08. The van der Waals surface area contributed by atoms with Gasteiger partial charge in [-0.15, -0.1) is 0 Å². The highest BCUT2D eigenvalue weighted by Gasteiger charge is 2.22. The molecule has 2 rings (SSSR count). The summed E-state index contributed by atoms with van der Waals surface area (Å²) in [7, 11) is 0. The van der Waals surface area contributed by atoms with Crippen molar-refractivity contribution in [2.45, 2.75) is 45.6 Å². The molecule has 0 spiro atoms. The first-order valence-corrected chi connectivity index (χ1v) is 5.53. The van der Waals surface area contributed by atoms with Crippen LogP contribution in [0.25, 0.3) is 0 Å². The average Bonchev–Trinajstić information content (AvgIpc) is 2.67. The fourth-order valence-electron chi connectivity index (χ4n) is 2.31. The molecule has 0 radical (unpaired) electrons. The summed E-state index contributed by atoms with van der Waals surface area (Å²) in [6, 6.07) is 0.460. The highest BCUT2D eigenvalue weighted by atomic mass is 15.3. The largest absolute Gasteiger partial charge is 0.330 e. The molecule has 3 heteroatoms. The van der Waals surface area contributed by atoms with Crippen LogP contribution >= 0.6 is 0 Å². The molecule has 1 aromatic rings. The van der Waals surface area contributed by atoms with Crippen LogP contribution in [0.2, 0.25) is 0 Å². The van der Waals surface area contributed by atoms with Crippen molar-refractivity contribution in [3.63, 3.8) is 0 Å². The minimum Gasteiger partial charge on any atom is -0.330 e. The van der Waals surface area contributed by atoms with Crippen LogP contribution < -0.4 is 5.73 Å². The van der Waals surface area contributed by atoms with Crippen LogP contribution in [0.1, 0.15) is 43.3 Å². The van der Waals surface area contributed by atoms with Crippen molar-refractivity contribution in [1.29, 1.82) is 0 Å². The molecule has 1 aromatic heterocycles. The molecular weight excluding hydrogens is 174 g/mol. The van der Waals surface area contributed by atoms with Gasteiger partial charge in [0.05, 0.1) is 5.69 Å². The smallest absolute Gasteiger partial charge is 0.0659 e. The summed E-state index contributed by atoms with van der Waals surface area (Å²) in [5.74, 6) is 0. The Morgan fingerprint density at radius 1 is 1.43 bits per heavy atom. The zero-order chi connectivity index (χ0) is 10.1. The van der Waals surface area contributed by atoms with Crippen molar-refractivity contribution in [1.82, 2.24) is 9.78 Å². The van der Waals surface area contributed by atoms with Gasteiger partial charge >= 0.3 is 0 Å². The molecule has 0 atom stereocenters. The minimum absolute atomic E-state index is 0.460. The van der Waals surface area contributed by atoms with Crippen LogP contribution in [0.5, 0.6) is 0 Å². The highest BCUT2D eigenvalue weighted by molar-refractivity contribution is 5.31. The molecule has 0 aromatic carbocycles. The second-order valence-electron chi connectivity index (χ2n) is 4.30. The lowest BCUT2D eigenvalue weighted by molar-refractivity contribution is 0.500. The summed E-state index contributed by atoms with van der Waals surface area (Å²) in [6.45, 7) is 5.09. The standard InChI is InChI=1S/C11H19N3/c1-8(2)14-11(6-7-12)9-4-3-5-10(9)13-14/h8H,3-7,12H2,1-2H3. The van der Waals surface area contributed by atoms with Crippen LogP contribution in [0.15, 0.2) is 0 Å². The summed E-state index contributed by atoms with van der Waals surface area (Å²) >= 11 is 0. The maximum absolute atomic E-state index is 5.64. The van der Waals surface area contributed by atoms with Crippen molar-refractivity contribution >= 4 is 0 Å². The quantitative estimate of drug-likeness (QED) is 0.789. The van der Waals surface area contributed by atoms with E-state index in [1.807, 2.05) is 0 Å². The van der Waals surface area contributed by atoms with E-state index >= 15 is 0 Å². The molecule has 0 unspecified atom stereocenters. The molecule has 0 bridgehead atoms. The van der Waals surface area contributed by atoms with E-state index in [9.17, 15) is 0 Å². The number of nitrogens with two attached hydrogens (primary N) is 1. The second kappa shape index (κ2) is 3.73. The third-order valence-corrected chi connectivity index (χ3v) is 2.91. The summed E-state index contributed by atoms with van der Waals surface area (Å²) < 4.78 is 2.16. The molecule has 0 saturated carbocycles. The Morgan fingerprint density at radius 2 is 2.21 bits per heavy atom. The van der Waals surface area contributed by atoms with Crippen molar-refractivity contribution in [3.8, 4) is 0 Å². The van der Waals surface area contributed by atoms with E-state index in [2.05, 4.69) is 23.6 Å². The lowest BCUT2D eigenvalue weighted by Crippen LogP contribution is -2.13. The number of aromatic nitrogens is 2. The summed E-state index contributed by atoms with van der Waals surface area (Å²) in [5.41, 5.74) is 9.84. The highest BCUT2D eigenvalue weighted by Crippen LogP contribution is 2.26. The third-order valence-electron chi connectivity index (χ3n) is 2.91. The first-order valence-electron chi connectivity index (χ1n) is 5.53. The Labute approximate surface area is 85.3 Å². The molecule has 14 heavy (non-hydrogen) atoms. The van der Waals surface area contributed by atoms with Gasteiger partial charge in [-0.25, -0.2) is 0 Å². The van der Waals surface area contributed by atoms with E-state index in [0.29, 0.717) is 6.04 Å². The summed E-state index contributed by atoms with van der Waals surface area (Å²) in [5, 5.41) is 4.67. The van der Waals surface area contributed by atoms with Crippen molar-refractivity contribution < 1.29 is 0 Å². The van der Waals surface area contributed by atoms with E-state index < -0.39 is 0 Å². The Bertz CT molecular complexity index is 326. The van der Waals surface area contributed by atoms with E-state index in [-0.39, 0.29) is 0 Å². The second-order valence-corrected chi connectivity index (χ2v) is 4.30. The van der Waals surface area contributed by atoms with Gasteiger partial charge in [0, 0.05) is 18.2 Å². The monoisotopic (exact) mass is 193 g/mol. The molecular formula is C11H19N3. The van der Waals surface area contributed by atoms with Gasteiger partial charge in [-0.2, -0.15) is 5.10 Å². The summed E-state index contributed by atoms with van der Waals surface area (Å²) in [4.78, 5) is 0. The number of hydrogen-bond acceptors (Lipinski definition) is 2. The normalized spacial score (nSPS) is 15.1. The Hall–Kier alpha value is -0.830. The van der Waals surface area contributed by atoms with Crippen molar-refractivity contribution in [2.75, 3.05) is 6.54 Å². The number of nitrogens with zero attached hydrogens (tertiary/aromatic N) is 2. The number of fused-ring (bicyclic) bond motifs is 1. The van der Waals surface area contributed by atoms with Gasteiger partial charge in [0.2, 0.25) is 0 Å². The fraction of sp³-hybridized carbons (Fsp3) is 0.727. The van der Waals surface area contributed by atoms with Gasteiger partial charge in [0.15, 0.2) is 0 Å². The topological polar surface area (TPSA) is 43.8 Å². The fourth-order valence-corrected chi connectivity index (χ4v) is 2.31. The molecule has 1 aliphatic carbocycles. The van der Waals surface area contributed by atoms with Crippen LogP contribution in [0, 0.1) is 0 Å². The Morgan fingerprint density at radius 3 is 2.86 bits per heavy atom. The van der Waals surface area contributed by atoms with E-state index in [4.69, 9.17) is 5.73 Å². The van der Waals surface area contributed by atoms with Crippen LogP contribution in [0.4, 0.5) is 0 Å². The van der Waals surface area contributed by atoms with Crippen LogP contribution in [0.3, 0.4) is 0 Å². The molecule has 78 valence electrons. The first-order chi connectivity index (χ1) is 6.74. The lowest BCUT2D eigenvalue weighted by Gasteiger charge is -2.11. The Balaban J connectivity index is 2.40. The maximum atomic E-state index is 5.64. The molecule has 0 saturated heterocycles. The molecule has 3 nitrogen and oxygen atoms in total. The van der Waals surface area contributed by atoms with Gasteiger partial charge in [0.25, 0.3) is 0 Å². The van der Waals surface area contributed by atoms with Crippen molar-refractivity contribution in [2.24, 2.45) is 5.73 Å². The van der Waals surface area contributed by atoms with Crippen LogP contribution in [-0.2, 0) is 19.3 Å². The van der Waals surface area contributed by atoms with Gasteiger partial charge in [-0.05, 0) is 45.2 Å². The zero-order valence-corrected chi connectivity index (χ0v) is 9.08. The Kier molecular flexibility index (Phi) is 2.59. The molecule has 2 N–H and O–H groups in total. The minimum atomic E-state index is 0.460. The van der Waals surface area contributed by atoms with Gasteiger partial charge in [0.1, 0.15) is 0 Å². The number of aryl methyl sites for hydroxylation is 1. The van der Waals surface area contributed by atoms with E-state index in [0.717, 1.165) is 19.4 Å². The SMILES string of the molecule is CC(C)n1nc2c(c1CCN)CCC2. The average molecular weight is 193 g/mol. The van der Waals surface area contributed by atoms with E-state index in [1.54, 1.807) is 0 Å². The predicted octanol–water partition coefficient (Wildman–Crippen LogP) is 1.45. The van der Waals surface area contributed by atoms with Crippen LogP contribution in [-0.4, -0.2) is 16.3 Å². The lowest BCUT2D eigenvalue weighted by atomic mass is 10.1. The number of hydrogen-bond donors (Lipinski definition) is 1. The molecule has 0 amide bonds. The summed E-state index contributed by atoms with van der Waals surface area (Å²) in [6.07, 6.45) is 4.61. The predicted molar refractivity (Wildman–Crippen MR) is 57.4 cm³/mol. The van der Waals surface area contributed by atoms with E-state index in [1.165, 1.54) is 29.8 Å². The third kappa shape index (κ3) is 1.46. The van der Waals surface area contributed by atoms with Gasteiger partial charge < -0.3 is 5.73 Å². The van der Waals surface area contributed by atoms with Gasteiger partial charge in [-0.1, -0.05) is 0 Å².